The van der Waals surface area contributed by atoms with Gasteiger partial charge in [-0.2, -0.15) is 0 Å². The van der Waals surface area contributed by atoms with Crippen LogP contribution in [0.4, 0.5) is 0 Å². The van der Waals surface area contributed by atoms with Crippen LogP contribution in [0.1, 0.15) is 32.7 Å². The topological polar surface area (TPSA) is 130 Å². The van der Waals surface area contributed by atoms with Crippen molar-refractivity contribution in [3.05, 3.63) is 65.2 Å². The van der Waals surface area contributed by atoms with Crippen molar-refractivity contribution in [2.75, 3.05) is 34.5 Å². The molecule has 198 valence electrons. The Labute approximate surface area is 218 Å². The van der Waals surface area contributed by atoms with Crippen molar-refractivity contribution in [1.82, 2.24) is 4.90 Å². The summed E-state index contributed by atoms with van der Waals surface area (Å²) in [5, 5.41) is 0. The molecule has 3 aliphatic heterocycles. The Balaban J connectivity index is 1.24. The second-order valence-electron chi connectivity index (χ2n) is 8.94. The Morgan fingerprint density at radius 1 is 0.947 bits per heavy atom. The van der Waals surface area contributed by atoms with Crippen LogP contribution < -0.4 is 4.74 Å². The lowest BCUT2D eigenvalue weighted by Gasteiger charge is -2.32. The number of aliphatic imine (C=N–C) groups is 1. The van der Waals surface area contributed by atoms with Gasteiger partial charge in [0.1, 0.15) is 23.3 Å². The standard InChI is InChI=1S/C27H26N2O9/c1-34-25(32)19-20(26(33)35-2)27(36-3)21(28-22(19)38-27)15-9-11-16(12-10-15)37-14-6-13-29-23(30)17-7-4-5-8-18(17)24(29)31/h4-5,7-12,19-20,22H,6,13-14H2,1-3H3. The van der Waals surface area contributed by atoms with E-state index in [9.17, 15) is 19.2 Å². The summed E-state index contributed by atoms with van der Waals surface area (Å²) in [6, 6.07) is 13.7. The third-order valence-corrected chi connectivity index (χ3v) is 6.99. The summed E-state index contributed by atoms with van der Waals surface area (Å²) in [5.74, 6) is -5.05. The van der Waals surface area contributed by atoms with Gasteiger partial charge >= 0.3 is 11.9 Å². The molecule has 0 spiro atoms. The zero-order valence-corrected chi connectivity index (χ0v) is 21.0. The van der Waals surface area contributed by atoms with Crippen LogP contribution in [0, 0.1) is 11.8 Å². The maximum Gasteiger partial charge on any atom is 0.315 e. The maximum atomic E-state index is 12.7. The van der Waals surface area contributed by atoms with Crippen LogP contribution in [0.15, 0.2) is 53.5 Å². The Kier molecular flexibility index (Phi) is 6.72. The molecule has 4 unspecified atom stereocenters. The van der Waals surface area contributed by atoms with Crippen LogP contribution in [0.3, 0.4) is 0 Å². The lowest BCUT2D eigenvalue weighted by atomic mass is 9.80. The fourth-order valence-electron chi connectivity index (χ4n) is 5.18. The Morgan fingerprint density at radius 2 is 1.58 bits per heavy atom. The predicted molar refractivity (Wildman–Crippen MR) is 131 cm³/mol. The molecule has 3 aliphatic rings. The highest BCUT2D eigenvalue weighted by Gasteiger charge is 2.69. The molecule has 3 heterocycles. The van der Waals surface area contributed by atoms with Gasteiger partial charge in [-0.1, -0.05) is 12.1 Å². The molecular weight excluding hydrogens is 496 g/mol. The van der Waals surface area contributed by atoms with Gasteiger partial charge in [0, 0.05) is 19.2 Å². The highest BCUT2D eigenvalue weighted by atomic mass is 16.7. The van der Waals surface area contributed by atoms with E-state index in [0.29, 0.717) is 34.6 Å². The van der Waals surface area contributed by atoms with Crippen molar-refractivity contribution >= 4 is 29.5 Å². The number of carbonyl (C=O) groups excluding carboxylic acids is 4. The van der Waals surface area contributed by atoms with Gasteiger partial charge < -0.3 is 23.7 Å². The first kappa shape index (κ1) is 25.6. The molecule has 2 aromatic rings. The zero-order chi connectivity index (χ0) is 27.0. The first-order valence-electron chi connectivity index (χ1n) is 12.0. The molecule has 2 aromatic carbocycles. The fourth-order valence-corrected chi connectivity index (χ4v) is 5.18. The van der Waals surface area contributed by atoms with Gasteiger partial charge in [0.15, 0.2) is 6.23 Å². The van der Waals surface area contributed by atoms with E-state index in [1.165, 1.54) is 26.2 Å². The number of nitrogens with zero attached hydrogens (tertiary/aromatic N) is 2. The smallest absolute Gasteiger partial charge is 0.315 e. The van der Waals surface area contributed by atoms with Crippen LogP contribution in [0.25, 0.3) is 0 Å². The van der Waals surface area contributed by atoms with Gasteiger partial charge in [-0.15, -0.1) is 0 Å². The molecule has 2 bridgehead atoms. The molecule has 4 atom stereocenters. The number of methoxy groups -OCH3 is 3. The molecule has 1 saturated heterocycles. The Bertz CT molecular complexity index is 1290. The Hall–Kier alpha value is -4.09. The summed E-state index contributed by atoms with van der Waals surface area (Å²) in [5.41, 5.74) is 1.81. The average molecular weight is 523 g/mol. The highest BCUT2D eigenvalue weighted by Crippen LogP contribution is 2.50. The molecule has 11 nitrogen and oxygen atoms in total. The molecule has 0 aromatic heterocycles. The first-order valence-corrected chi connectivity index (χ1v) is 12.0. The number of fused-ring (bicyclic) bond motifs is 3. The number of ether oxygens (including phenoxy) is 5. The van der Waals surface area contributed by atoms with Gasteiger partial charge in [-0.05, 0) is 42.8 Å². The maximum absolute atomic E-state index is 12.7. The van der Waals surface area contributed by atoms with Crippen molar-refractivity contribution in [1.29, 1.82) is 0 Å². The molecule has 38 heavy (non-hydrogen) atoms. The number of benzene rings is 2. The first-order chi connectivity index (χ1) is 18.4. The molecule has 2 amide bonds. The molecular formula is C27H26N2O9. The van der Waals surface area contributed by atoms with Crippen LogP contribution >= 0.6 is 0 Å². The molecule has 11 heteroatoms. The van der Waals surface area contributed by atoms with Crippen molar-refractivity contribution in [2.45, 2.75) is 18.4 Å². The summed E-state index contributed by atoms with van der Waals surface area (Å²) < 4.78 is 27.2. The quantitative estimate of drug-likeness (QED) is 0.275. The number of carbonyl (C=O) groups is 4. The minimum Gasteiger partial charge on any atom is -0.494 e. The van der Waals surface area contributed by atoms with E-state index in [0.717, 1.165) is 0 Å². The van der Waals surface area contributed by atoms with Crippen molar-refractivity contribution < 1.29 is 42.9 Å². The summed E-state index contributed by atoms with van der Waals surface area (Å²) in [6.45, 7) is 0.527. The van der Waals surface area contributed by atoms with Crippen molar-refractivity contribution in [2.24, 2.45) is 16.8 Å². The third-order valence-electron chi connectivity index (χ3n) is 6.99. The molecule has 0 radical (unpaired) electrons. The van der Waals surface area contributed by atoms with E-state index >= 15 is 0 Å². The number of amides is 2. The van der Waals surface area contributed by atoms with E-state index < -0.39 is 35.8 Å². The Morgan fingerprint density at radius 3 is 2.16 bits per heavy atom. The monoisotopic (exact) mass is 522 g/mol. The molecule has 0 aliphatic carbocycles. The SMILES string of the molecule is COC(=O)C1C2N=C(c3ccc(OCCCN4C(=O)c5ccccc5C4=O)cc3)C(OC)(O2)C1C(=O)OC. The normalized spacial score (nSPS) is 25.3. The zero-order valence-electron chi connectivity index (χ0n) is 21.0. The van der Waals surface area contributed by atoms with Gasteiger partial charge in [0.25, 0.3) is 11.8 Å². The summed E-state index contributed by atoms with van der Waals surface area (Å²) in [4.78, 5) is 55.8. The van der Waals surface area contributed by atoms with Crippen LogP contribution in [-0.4, -0.2) is 80.9 Å². The van der Waals surface area contributed by atoms with Gasteiger partial charge in [0.05, 0.1) is 32.0 Å². The van der Waals surface area contributed by atoms with E-state index in [4.69, 9.17) is 23.7 Å². The van der Waals surface area contributed by atoms with Gasteiger partial charge in [-0.3, -0.25) is 29.1 Å². The van der Waals surface area contributed by atoms with E-state index in [1.807, 2.05) is 0 Å². The molecule has 5 rings (SSSR count). The van der Waals surface area contributed by atoms with E-state index in [-0.39, 0.29) is 25.0 Å². The van der Waals surface area contributed by atoms with E-state index in [1.54, 1.807) is 48.5 Å². The third kappa shape index (κ3) is 3.95. The number of rotatable bonds is 9. The lowest BCUT2D eigenvalue weighted by Crippen LogP contribution is -2.52. The summed E-state index contributed by atoms with van der Waals surface area (Å²) >= 11 is 0. The highest BCUT2D eigenvalue weighted by molar-refractivity contribution is 6.21. The predicted octanol–water partition coefficient (Wildman–Crippen LogP) is 1.83. The number of hydrogen-bond acceptors (Lipinski definition) is 10. The van der Waals surface area contributed by atoms with Crippen LogP contribution in [0.2, 0.25) is 0 Å². The van der Waals surface area contributed by atoms with Crippen molar-refractivity contribution in [3.63, 3.8) is 0 Å². The van der Waals surface area contributed by atoms with Crippen LogP contribution in [0.5, 0.6) is 5.75 Å². The minimum absolute atomic E-state index is 0.243. The van der Waals surface area contributed by atoms with Crippen LogP contribution in [-0.2, 0) is 28.5 Å². The lowest BCUT2D eigenvalue weighted by molar-refractivity contribution is -0.184. The largest absolute Gasteiger partial charge is 0.494 e. The molecule has 1 fully saturated rings. The second kappa shape index (κ2) is 9.99. The number of hydrogen-bond donors (Lipinski definition) is 0. The molecule has 0 N–H and O–H groups in total. The average Bonchev–Trinajstić information content (AvgIpc) is 3.58. The fraction of sp³-hybridized carbons (Fsp3) is 0.370. The van der Waals surface area contributed by atoms with Crippen molar-refractivity contribution in [3.8, 4) is 5.75 Å². The van der Waals surface area contributed by atoms with Gasteiger partial charge in [-0.25, -0.2) is 0 Å². The molecule has 0 saturated carbocycles. The summed E-state index contributed by atoms with van der Waals surface area (Å²) in [6.07, 6.45) is -0.502. The summed E-state index contributed by atoms with van der Waals surface area (Å²) in [7, 11) is 3.83. The second-order valence-corrected chi connectivity index (χ2v) is 8.94. The number of imide groups is 1. The van der Waals surface area contributed by atoms with Gasteiger partial charge in [0.2, 0.25) is 5.79 Å². The minimum atomic E-state index is -1.61. The number of esters is 2. The van der Waals surface area contributed by atoms with E-state index in [2.05, 4.69) is 4.99 Å².